The molecule has 32 heavy (non-hydrogen) atoms. The number of nitrogens with zero attached hydrogens (tertiary/aromatic N) is 2. The highest BCUT2D eigenvalue weighted by atomic mass is 16.5. The molecule has 2 N–H and O–H groups in total. The summed E-state index contributed by atoms with van der Waals surface area (Å²) in [6, 6.07) is 5.22. The fourth-order valence-corrected chi connectivity index (χ4v) is 4.51. The maximum absolute atomic E-state index is 12.8. The average molecular weight is 445 g/mol. The lowest BCUT2D eigenvalue weighted by atomic mass is 10.1. The highest BCUT2D eigenvalue weighted by Crippen LogP contribution is 2.24. The van der Waals surface area contributed by atoms with Crippen molar-refractivity contribution in [1.82, 2.24) is 19.8 Å². The summed E-state index contributed by atoms with van der Waals surface area (Å²) in [5, 5.41) is 5.66. The van der Waals surface area contributed by atoms with E-state index in [1.165, 1.54) is 4.57 Å². The molecular formula is C23H32N4O5. The number of imidazole rings is 1. The summed E-state index contributed by atoms with van der Waals surface area (Å²) in [7, 11) is 1.71. The molecule has 2 aromatic rings. The molecule has 2 aliphatic rings. The van der Waals surface area contributed by atoms with Crippen LogP contribution in [0.4, 0.5) is 0 Å². The lowest BCUT2D eigenvalue weighted by molar-refractivity contribution is -0.135. The number of aryl methyl sites for hydroxylation is 2. The van der Waals surface area contributed by atoms with Crippen LogP contribution in [0.1, 0.15) is 43.7 Å². The molecule has 1 aromatic heterocycles. The molecule has 0 aliphatic carbocycles. The van der Waals surface area contributed by atoms with Gasteiger partial charge in [-0.3, -0.25) is 24.0 Å². The number of rotatable bonds is 9. The highest BCUT2D eigenvalue weighted by molar-refractivity contribution is 6.00. The van der Waals surface area contributed by atoms with Crippen LogP contribution in [0.5, 0.6) is 0 Å². The first kappa shape index (κ1) is 22.7. The predicted octanol–water partition coefficient (Wildman–Crippen LogP) is 1.04. The van der Waals surface area contributed by atoms with E-state index in [-0.39, 0.29) is 18.0 Å². The Balaban J connectivity index is 1.30. The largest absolute Gasteiger partial charge is 0.379 e. The minimum absolute atomic E-state index is 0.236. The van der Waals surface area contributed by atoms with Gasteiger partial charge in [-0.2, -0.15) is 0 Å². The molecule has 4 rings (SSSR count). The summed E-state index contributed by atoms with van der Waals surface area (Å²) in [5.41, 5.74) is 2.36. The van der Waals surface area contributed by atoms with Gasteiger partial charge in [-0.1, -0.05) is 6.07 Å². The number of ether oxygens (including phenoxy) is 2. The molecule has 0 bridgehead atoms. The molecule has 1 atom stereocenters. The molecule has 2 aliphatic heterocycles. The Bertz CT molecular complexity index is 1020. The van der Waals surface area contributed by atoms with E-state index >= 15 is 0 Å². The number of benzene rings is 1. The van der Waals surface area contributed by atoms with E-state index in [2.05, 4.69) is 10.6 Å². The van der Waals surface area contributed by atoms with Crippen LogP contribution in [-0.2, 0) is 32.5 Å². The number of carbonyl (C=O) groups is 2. The van der Waals surface area contributed by atoms with Crippen LogP contribution >= 0.6 is 0 Å². The van der Waals surface area contributed by atoms with Crippen molar-refractivity contribution in [2.45, 2.75) is 50.7 Å². The Morgan fingerprint density at radius 1 is 1.03 bits per heavy atom. The van der Waals surface area contributed by atoms with E-state index in [1.54, 1.807) is 11.6 Å². The van der Waals surface area contributed by atoms with Gasteiger partial charge in [0.2, 0.25) is 11.8 Å². The smallest absolute Gasteiger partial charge is 0.329 e. The minimum Gasteiger partial charge on any atom is -0.379 e. The van der Waals surface area contributed by atoms with Gasteiger partial charge in [0.25, 0.3) is 0 Å². The van der Waals surface area contributed by atoms with Gasteiger partial charge in [-0.15, -0.1) is 0 Å². The zero-order valence-electron chi connectivity index (χ0n) is 18.6. The monoisotopic (exact) mass is 444 g/mol. The predicted molar refractivity (Wildman–Crippen MR) is 120 cm³/mol. The first-order chi connectivity index (χ1) is 15.5. The van der Waals surface area contributed by atoms with Gasteiger partial charge in [-0.25, -0.2) is 4.79 Å². The van der Waals surface area contributed by atoms with Crippen LogP contribution in [0.3, 0.4) is 0 Å². The number of aromatic nitrogens is 2. The molecule has 9 nitrogen and oxygen atoms in total. The quantitative estimate of drug-likeness (QED) is 0.442. The second-order valence-corrected chi connectivity index (χ2v) is 8.54. The second kappa shape index (κ2) is 10.4. The molecule has 2 saturated heterocycles. The van der Waals surface area contributed by atoms with Crippen LogP contribution in [0, 0.1) is 0 Å². The molecule has 1 unspecified atom stereocenters. The Hall–Kier alpha value is -2.49. The zero-order valence-corrected chi connectivity index (χ0v) is 18.6. The number of piperidine rings is 2. The van der Waals surface area contributed by atoms with E-state index in [1.807, 2.05) is 18.2 Å². The van der Waals surface area contributed by atoms with Gasteiger partial charge < -0.3 is 14.8 Å². The van der Waals surface area contributed by atoms with Crippen molar-refractivity contribution in [3.63, 3.8) is 0 Å². The molecule has 1 aromatic carbocycles. The molecule has 3 heterocycles. The number of amides is 2. The Kier molecular flexibility index (Phi) is 7.39. The van der Waals surface area contributed by atoms with Crippen LogP contribution < -0.4 is 16.3 Å². The first-order valence-electron chi connectivity index (χ1n) is 11.5. The van der Waals surface area contributed by atoms with Crippen molar-refractivity contribution in [3.8, 4) is 0 Å². The normalized spacial score (nSPS) is 20.1. The summed E-state index contributed by atoms with van der Waals surface area (Å²) in [4.78, 5) is 36.6. The van der Waals surface area contributed by atoms with Crippen molar-refractivity contribution in [3.05, 3.63) is 34.2 Å². The van der Waals surface area contributed by atoms with Crippen LogP contribution in [0.15, 0.2) is 23.0 Å². The van der Waals surface area contributed by atoms with Crippen LogP contribution in [0.2, 0.25) is 0 Å². The fourth-order valence-electron chi connectivity index (χ4n) is 4.51. The molecule has 9 heteroatoms. The van der Waals surface area contributed by atoms with Gasteiger partial charge in [-0.05, 0) is 62.9 Å². The molecule has 0 radical (unpaired) electrons. The number of imide groups is 1. The maximum Gasteiger partial charge on any atom is 0.329 e. The lowest BCUT2D eigenvalue weighted by Crippen LogP contribution is -2.44. The molecule has 174 valence electrons. The van der Waals surface area contributed by atoms with Gasteiger partial charge in [0.1, 0.15) is 6.04 Å². The average Bonchev–Trinajstić information content (AvgIpc) is 3.04. The Morgan fingerprint density at radius 3 is 2.62 bits per heavy atom. The van der Waals surface area contributed by atoms with E-state index in [0.29, 0.717) is 37.9 Å². The van der Waals surface area contributed by atoms with Crippen molar-refractivity contribution < 1.29 is 19.1 Å². The highest BCUT2D eigenvalue weighted by Gasteiger charge is 2.31. The van der Waals surface area contributed by atoms with E-state index < -0.39 is 11.9 Å². The summed E-state index contributed by atoms with van der Waals surface area (Å²) < 4.78 is 14.6. The van der Waals surface area contributed by atoms with E-state index in [0.717, 1.165) is 49.9 Å². The summed E-state index contributed by atoms with van der Waals surface area (Å²) in [6.07, 6.45) is 4.77. The third-order valence-electron chi connectivity index (χ3n) is 6.30. The second-order valence-electron chi connectivity index (χ2n) is 8.54. The molecular weight excluding hydrogens is 412 g/mol. The number of hydrogen-bond donors (Lipinski definition) is 2. The van der Waals surface area contributed by atoms with E-state index in [9.17, 15) is 14.4 Å². The van der Waals surface area contributed by atoms with Gasteiger partial charge in [0.15, 0.2) is 0 Å². The standard InChI is InChI=1S/C23H32N4O5/c1-26-20-15-16(3-2-12-31-13-14-32-17-8-10-24-11-9-17)4-5-18(20)27(23(26)30)19-6-7-21(28)25-22(19)29/h4-5,15,17,19,24H,2-3,6-14H2,1H3,(H,25,28,29). The number of nitrogens with one attached hydrogen (secondary N) is 2. The molecule has 2 fully saturated rings. The fraction of sp³-hybridized carbons (Fsp3) is 0.609. The van der Waals surface area contributed by atoms with Crippen molar-refractivity contribution in [2.75, 3.05) is 32.9 Å². The van der Waals surface area contributed by atoms with Crippen molar-refractivity contribution in [2.24, 2.45) is 7.05 Å². The van der Waals surface area contributed by atoms with Gasteiger partial charge in [0.05, 0.1) is 30.4 Å². The van der Waals surface area contributed by atoms with Crippen molar-refractivity contribution >= 4 is 22.8 Å². The van der Waals surface area contributed by atoms with Crippen molar-refractivity contribution in [1.29, 1.82) is 0 Å². The Labute approximate surface area is 187 Å². The number of hydrogen-bond acceptors (Lipinski definition) is 6. The maximum atomic E-state index is 12.8. The van der Waals surface area contributed by atoms with E-state index in [4.69, 9.17) is 9.47 Å². The third-order valence-corrected chi connectivity index (χ3v) is 6.30. The summed E-state index contributed by atoms with van der Waals surface area (Å²) >= 11 is 0. The summed E-state index contributed by atoms with van der Waals surface area (Å²) in [6.45, 7) is 3.94. The molecule has 0 spiro atoms. The SMILES string of the molecule is Cn1c(=O)n(C2CCC(=O)NC2=O)c2ccc(CCCOCCOC3CCNCC3)cc21. The topological polar surface area (TPSA) is 104 Å². The molecule has 0 saturated carbocycles. The van der Waals surface area contributed by atoms with Crippen LogP contribution in [0.25, 0.3) is 11.0 Å². The number of fused-ring (bicyclic) bond motifs is 1. The lowest BCUT2D eigenvalue weighted by Gasteiger charge is -2.22. The molecule has 2 amide bonds. The van der Waals surface area contributed by atoms with Gasteiger partial charge in [0, 0.05) is 20.1 Å². The Morgan fingerprint density at radius 2 is 1.84 bits per heavy atom. The first-order valence-corrected chi connectivity index (χ1v) is 11.5. The minimum atomic E-state index is -0.657. The van der Waals surface area contributed by atoms with Gasteiger partial charge >= 0.3 is 5.69 Å². The zero-order chi connectivity index (χ0) is 22.5. The third kappa shape index (κ3) is 5.11. The number of carbonyl (C=O) groups excluding carboxylic acids is 2. The summed E-state index contributed by atoms with van der Waals surface area (Å²) in [5.74, 6) is -0.705. The van der Waals surface area contributed by atoms with Crippen LogP contribution in [-0.4, -0.2) is 60.0 Å².